The molecule has 0 bridgehead atoms. The zero-order valence-electron chi connectivity index (χ0n) is 47.1. The number of carbonyl (C=O) groups excluding carboxylic acids is 7. The second-order valence-electron chi connectivity index (χ2n) is 19.9. The van der Waals surface area contributed by atoms with Gasteiger partial charge < -0.3 is 77.5 Å². The lowest BCUT2D eigenvalue weighted by Gasteiger charge is -2.28. The first kappa shape index (κ1) is 71.1. The minimum Gasteiger partial charge on any atom is -0.379 e. The Kier molecular flexibility index (Phi) is 42.3. The smallest absolute Gasteiger partial charge is 0.312 e. The molecule has 0 aromatic heterocycles. The number of nitrogens with two attached hydrogens (primary N) is 3. The van der Waals surface area contributed by atoms with Crippen molar-refractivity contribution in [1.29, 1.82) is 0 Å². The van der Waals surface area contributed by atoms with Gasteiger partial charge in [-0.3, -0.25) is 34.2 Å². The number of amides is 7. The summed E-state index contributed by atoms with van der Waals surface area (Å²) in [7, 11) is 0. The quantitative estimate of drug-likeness (QED) is 0.0234. The van der Waals surface area contributed by atoms with Crippen molar-refractivity contribution in [3.05, 3.63) is 11.8 Å². The summed E-state index contributed by atoms with van der Waals surface area (Å²) in [5, 5.41) is 24.4. The Bertz CT molecular complexity index is 1680. The molecule has 0 aliphatic rings. The molecule has 0 heterocycles. The van der Waals surface area contributed by atoms with Crippen molar-refractivity contribution < 1.29 is 62.0 Å². The number of hydrogen-bond acceptors (Lipinski definition) is 17. The van der Waals surface area contributed by atoms with Crippen LogP contribution in [0.15, 0.2) is 22.1 Å². The lowest BCUT2D eigenvalue weighted by Crippen LogP contribution is -2.57. The number of Topliss-reactive ketones (excluding diaryl/α,β-unsaturated/α-hetero) is 1. The Morgan fingerprint density at radius 3 is 1.62 bits per heavy atom. The summed E-state index contributed by atoms with van der Waals surface area (Å²) in [6, 6.07) is -4.03. The van der Waals surface area contributed by atoms with Crippen molar-refractivity contribution in [2.24, 2.45) is 44.8 Å². The molecule has 0 radical (unpaired) electrons. The molecule has 440 valence electrons. The van der Waals surface area contributed by atoms with Gasteiger partial charge in [0.1, 0.15) is 12.1 Å². The highest BCUT2D eigenvalue weighted by atomic mass is 16.5. The highest BCUT2D eigenvalue weighted by Gasteiger charge is 2.32. The van der Waals surface area contributed by atoms with Gasteiger partial charge in [0.05, 0.1) is 97.1 Å². The second-order valence-corrected chi connectivity index (χ2v) is 19.9. The fraction of sp³-hybridized carbons (Fsp3) is 0.824. The highest BCUT2D eigenvalue weighted by Crippen LogP contribution is 2.18. The van der Waals surface area contributed by atoms with Crippen LogP contribution in [0.5, 0.6) is 0 Å². The van der Waals surface area contributed by atoms with Crippen molar-refractivity contribution in [3.8, 4) is 0 Å². The van der Waals surface area contributed by atoms with Gasteiger partial charge in [-0.05, 0) is 76.2 Å². The number of unbranched alkanes of at least 4 members (excludes halogenated alkanes) is 2. The van der Waals surface area contributed by atoms with Crippen LogP contribution >= 0.6 is 0 Å². The van der Waals surface area contributed by atoms with Gasteiger partial charge in [-0.2, -0.15) is 0 Å². The summed E-state index contributed by atoms with van der Waals surface area (Å²) in [6.45, 7) is 20.6. The van der Waals surface area contributed by atoms with Gasteiger partial charge in [0, 0.05) is 44.9 Å². The van der Waals surface area contributed by atoms with Crippen molar-refractivity contribution in [3.63, 3.8) is 0 Å². The monoisotopic (exact) mass is 1090 g/mol. The molecule has 76 heavy (non-hydrogen) atoms. The standard InChI is InChI=1S/C51H98N12O13/c1-37(2)45(49(69)60-41(46(66)38(3)4)16-13-20-57-50(54)70)61-48(68)42(15-9-11-19-52)59-44(65)18-25-72-29-33-76-34-30-73-26-22-55-43(64)17-24-71-28-32-75-35-31-74-27-23-56-47(67)40(53)14-10-12-21-58-63-62-39(5)36-51(6,7)8/h36-38,40-42,45H,9-35,52-53H2,1-8H3,(H,55,64)(H,56,67)(H,58,62)(H,59,65)(H,60,69)(H,61,68)(H3,54,57,70)/b39-36+. The molecule has 0 aromatic carbocycles. The largest absolute Gasteiger partial charge is 0.379 e. The third kappa shape index (κ3) is 41.3. The molecule has 7 amide bonds. The Labute approximate surface area is 451 Å². The Morgan fingerprint density at radius 2 is 1.08 bits per heavy atom. The highest BCUT2D eigenvalue weighted by molar-refractivity contribution is 5.95. The zero-order valence-corrected chi connectivity index (χ0v) is 47.1. The molecule has 0 aliphatic heterocycles. The number of primary amides is 1. The average molecular weight is 1090 g/mol. The Morgan fingerprint density at radius 1 is 0.553 bits per heavy atom. The van der Waals surface area contributed by atoms with E-state index in [9.17, 15) is 33.6 Å². The van der Waals surface area contributed by atoms with Crippen LogP contribution in [-0.4, -0.2) is 178 Å². The molecule has 4 atom stereocenters. The van der Waals surface area contributed by atoms with E-state index in [1.54, 1.807) is 27.7 Å². The summed E-state index contributed by atoms with van der Waals surface area (Å²) in [5.74, 6) is -2.75. The SMILES string of the molecule is CC(=C\C(C)(C)C)/N=N\NCCCCC(N)C(=O)NCCOCCOCCOCCC(=O)NCCOCCOCCOCCC(=O)NC(CCCCN)C(=O)NC(C(=O)NC(CCCNC(N)=O)C(=O)C(C)C)C(C)C. The van der Waals surface area contributed by atoms with Gasteiger partial charge in [-0.1, -0.05) is 59.8 Å². The molecule has 0 spiro atoms. The Hall–Kier alpha value is -4.89. The summed E-state index contributed by atoms with van der Waals surface area (Å²) >= 11 is 0. The molecule has 0 fully saturated rings. The first-order chi connectivity index (χ1) is 36.2. The molecular weight excluding hydrogens is 989 g/mol. The van der Waals surface area contributed by atoms with E-state index in [0.717, 1.165) is 18.5 Å². The van der Waals surface area contributed by atoms with Crippen molar-refractivity contribution in [1.82, 2.24) is 37.3 Å². The van der Waals surface area contributed by atoms with Gasteiger partial charge in [0.2, 0.25) is 29.5 Å². The second kappa shape index (κ2) is 45.2. The van der Waals surface area contributed by atoms with Crippen LogP contribution in [-0.2, 0) is 57.2 Å². The molecule has 0 rings (SSSR count). The van der Waals surface area contributed by atoms with Crippen molar-refractivity contribution in [2.45, 2.75) is 144 Å². The lowest BCUT2D eigenvalue weighted by atomic mass is 9.96. The maximum Gasteiger partial charge on any atom is 0.312 e. The third-order valence-electron chi connectivity index (χ3n) is 10.9. The van der Waals surface area contributed by atoms with Crippen LogP contribution in [0, 0.1) is 17.3 Å². The molecule has 0 saturated heterocycles. The van der Waals surface area contributed by atoms with Crippen LogP contribution in [0.3, 0.4) is 0 Å². The van der Waals surface area contributed by atoms with E-state index in [4.69, 9.17) is 45.6 Å². The van der Waals surface area contributed by atoms with Crippen molar-refractivity contribution in [2.75, 3.05) is 112 Å². The fourth-order valence-corrected chi connectivity index (χ4v) is 6.95. The van der Waals surface area contributed by atoms with E-state index in [-0.39, 0.29) is 87.1 Å². The molecule has 4 unspecified atom stereocenters. The average Bonchev–Trinajstić information content (AvgIpc) is 3.35. The number of ether oxygens (including phenoxy) is 6. The van der Waals surface area contributed by atoms with Crippen molar-refractivity contribution >= 4 is 41.4 Å². The predicted molar refractivity (Wildman–Crippen MR) is 288 cm³/mol. The lowest BCUT2D eigenvalue weighted by molar-refractivity contribution is -0.135. The van der Waals surface area contributed by atoms with E-state index < -0.39 is 47.9 Å². The maximum atomic E-state index is 13.5. The summed E-state index contributed by atoms with van der Waals surface area (Å²) in [4.78, 5) is 88.1. The molecule has 0 aromatic rings. The number of allylic oxidation sites excluding steroid dienone is 2. The number of nitrogens with one attached hydrogen (secondary N) is 7. The minimum atomic E-state index is -0.990. The Balaban J connectivity index is 4.09. The van der Waals surface area contributed by atoms with Gasteiger partial charge in [0.15, 0.2) is 5.78 Å². The first-order valence-corrected chi connectivity index (χ1v) is 26.9. The van der Waals surface area contributed by atoms with Gasteiger partial charge in [-0.25, -0.2) is 4.79 Å². The normalized spacial score (nSPS) is 13.5. The third-order valence-corrected chi connectivity index (χ3v) is 10.9. The zero-order chi connectivity index (χ0) is 57.0. The summed E-state index contributed by atoms with van der Waals surface area (Å²) in [6.07, 6.45) is 6.54. The molecule has 13 N–H and O–H groups in total. The number of rotatable bonds is 48. The number of carbonyl (C=O) groups is 7. The number of hydrogen-bond donors (Lipinski definition) is 10. The molecule has 25 heteroatoms. The van der Waals surface area contributed by atoms with E-state index in [2.05, 4.69) is 68.4 Å². The van der Waals surface area contributed by atoms with Gasteiger partial charge in [0.25, 0.3) is 0 Å². The summed E-state index contributed by atoms with van der Waals surface area (Å²) < 4.78 is 33.0. The molecule has 0 saturated carbocycles. The van der Waals surface area contributed by atoms with Gasteiger partial charge in [-0.15, -0.1) is 5.11 Å². The molecular formula is C51H98N12O13. The van der Waals surface area contributed by atoms with Crippen LogP contribution in [0.2, 0.25) is 0 Å². The fourth-order valence-electron chi connectivity index (χ4n) is 6.95. The van der Waals surface area contributed by atoms with Crippen LogP contribution in [0.25, 0.3) is 0 Å². The number of ketones is 1. The molecule has 25 nitrogen and oxygen atoms in total. The van der Waals surface area contributed by atoms with Gasteiger partial charge >= 0.3 is 6.03 Å². The number of urea groups is 1. The minimum absolute atomic E-state index is 0.0142. The molecule has 0 aliphatic carbocycles. The van der Waals surface area contributed by atoms with E-state index >= 15 is 0 Å². The van der Waals surface area contributed by atoms with Crippen LogP contribution in [0.4, 0.5) is 4.79 Å². The van der Waals surface area contributed by atoms with E-state index in [1.165, 1.54) is 0 Å². The topological polar surface area (TPSA) is 362 Å². The van der Waals surface area contributed by atoms with Crippen LogP contribution < -0.4 is 54.5 Å². The van der Waals surface area contributed by atoms with E-state index in [1.807, 2.05) is 13.0 Å². The summed E-state index contributed by atoms with van der Waals surface area (Å²) in [5.41, 5.74) is 20.6. The van der Waals surface area contributed by atoms with Crippen LogP contribution in [0.1, 0.15) is 120 Å². The number of nitrogens with zero attached hydrogens (tertiary/aromatic N) is 2. The van der Waals surface area contributed by atoms with E-state index in [0.29, 0.717) is 111 Å². The first-order valence-electron chi connectivity index (χ1n) is 26.9. The predicted octanol–water partition coefficient (Wildman–Crippen LogP) is 1.42. The maximum absolute atomic E-state index is 13.5.